The van der Waals surface area contributed by atoms with Crippen LogP contribution in [0.15, 0.2) is 24.3 Å². The highest BCUT2D eigenvalue weighted by molar-refractivity contribution is 5.60. The van der Waals surface area contributed by atoms with Crippen molar-refractivity contribution in [1.29, 1.82) is 0 Å². The fraction of sp³-hybridized carbons (Fsp3) is 0.500. The molecule has 3 nitrogen and oxygen atoms in total. The first-order chi connectivity index (χ1) is 7.45. The van der Waals surface area contributed by atoms with E-state index in [2.05, 4.69) is 28.4 Å². The van der Waals surface area contributed by atoms with Crippen LogP contribution < -0.4 is 15.0 Å². The number of benzene rings is 1. The average Bonchev–Trinajstić information content (AvgIpc) is 2.48. The zero-order valence-corrected chi connectivity index (χ0v) is 8.78. The van der Waals surface area contributed by atoms with Gasteiger partial charge in [0.05, 0.1) is 12.3 Å². The minimum atomic E-state index is 0.599. The summed E-state index contributed by atoms with van der Waals surface area (Å²) in [6.45, 7) is 4.08. The van der Waals surface area contributed by atoms with Crippen LogP contribution in [0.2, 0.25) is 0 Å². The maximum Gasteiger partial charge on any atom is 0.142 e. The van der Waals surface area contributed by atoms with Crippen molar-refractivity contribution in [2.24, 2.45) is 0 Å². The average molecular weight is 204 g/mol. The molecule has 0 bridgehead atoms. The molecule has 1 N–H and O–H groups in total. The van der Waals surface area contributed by atoms with Gasteiger partial charge in [-0.05, 0) is 12.1 Å². The number of rotatable bonds is 0. The summed E-state index contributed by atoms with van der Waals surface area (Å²) in [6.07, 6.45) is 1.11. The number of anilines is 1. The Morgan fingerprint density at radius 2 is 2.27 bits per heavy atom. The number of hydrogen-bond acceptors (Lipinski definition) is 3. The van der Waals surface area contributed by atoms with Gasteiger partial charge >= 0.3 is 0 Å². The second-order valence-corrected chi connectivity index (χ2v) is 4.16. The van der Waals surface area contributed by atoms with Crippen molar-refractivity contribution in [3.63, 3.8) is 0 Å². The number of para-hydroxylation sites is 2. The van der Waals surface area contributed by atoms with Crippen LogP contribution >= 0.6 is 0 Å². The van der Waals surface area contributed by atoms with Crippen LogP contribution in [-0.4, -0.2) is 32.3 Å². The number of hydrogen-bond donors (Lipinski definition) is 1. The summed E-state index contributed by atoms with van der Waals surface area (Å²) in [7, 11) is 0. The van der Waals surface area contributed by atoms with E-state index in [1.165, 1.54) is 5.69 Å². The molecule has 2 aliphatic heterocycles. The molecule has 3 heteroatoms. The molecule has 1 atom stereocenters. The van der Waals surface area contributed by atoms with Gasteiger partial charge in [0.15, 0.2) is 0 Å². The summed E-state index contributed by atoms with van der Waals surface area (Å²) >= 11 is 0. The lowest BCUT2D eigenvalue weighted by atomic mass is 10.1. The highest BCUT2D eigenvalue weighted by Gasteiger charge is 2.26. The van der Waals surface area contributed by atoms with Crippen LogP contribution in [0.25, 0.3) is 0 Å². The molecule has 0 aromatic heterocycles. The Balaban J connectivity index is 1.99. The van der Waals surface area contributed by atoms with Crippen LogP contribution in [0.4, 0.5) is 5.69 Å². The zero-order valence-electron chi connectivity index (χ0n) is 8.78. The van der Waals surface area contributed by atoms with Crippen molar-refractivity contribution in [2.75, 3.05) is 31.1 Å². The van der Waals surface area contributed by atoms with Crippen molar-refractivity contribution >= 4 is 5.69 Å². The van der Waals surface area contributed by atoms with E-state index in [1.54, 1.807) is 0 Å². The molecule has 0 saturated carbocycles. The monoisotopic (exact) mass is 204 g/mol. The second kappa shape index (κ2) is 3.74. The fourth-order valence-corrected chi connectivity index (χ4v) is 2.46. The molecule has 15 heavy (non-hydrogen) atoms. The molecule has 0 aliphatic carbocycles. The topological polar surface area (TPSA) is 24.5 Å². The molecule has 1 aromatic rings. The third-order valence-corrected chi connectivity index (χ3v) is 3.23. The Labute approximate surface area is 90.0 Å². The van der Waals surface area contributed by atoms with Crippen molar-refractivity contribution in [2.45, 2.75) is 12.5 Å². The largest absolute Gasteiger partial charge is 0.491 e. The second-order valence-electron chi connectivity index (χ2n) is 4.16. The molecule has 1 saturated heterocycles. The summed E-state index contributed by atoms with van der Waals surface area (Å²) < 4.78 is 5.77. The summed E-state index contributed by atoms with van der Waals surface area (Å²) in [5.74, 6) is 1.04. The molecule has 0 spiro atoms. The summed E-state index contributed by atoms with van der Waals surface area (Å²) in [4.78, 5) is 2.48. The number of ether oxygens (including phenoxy) is 1. The van der Waals surface area contributed by atoms with Crippen molar-refractivity contribution < 1.29 is 4.74 Å². The van der Waals surface area contributed by atoms with E-state index in [0.717, 1.165) is 38.4 Å². The first-order valence-corrected chi connectivity index (χ1v) is 5.64. The summed E-state index contributed by atoms with van der Waals surface area (Å²) in [5.41, 5.74) is 1.27. The van der Waals surface area contributed by atoms with Gasteiger partial charge in [0.2, 0.25) is 0 Å². The molecule has 2 heterocycles. The lowest BCUT2D eigenvalue weighted by Crippen LogP contribution is -2.51. The molecule has 3 rings (SSSR count). The molecule has 80 valence electrons. The van der Waals surface area contributed by atoms with E-state index in [9.17, 15) is 0 Å². The molecule has 2 aliphatic rings. The Kier molecular flexibility index (Phi) is 2.25. The van der Waals surface area contributed by atoms with E-state index >= 15 is 0 Å². The Morgan fingerprint density at radius 3 is 3.27 bits per heavy atom. The predicted octanol–water partition coefficient (Wildman–Crippen LogP) is 1.25. The van der Waals surface area contributed by atoms with Crippen LogP contribution in [0, 0.1) is 0 Å². The lowest BCUT2D eigenvalue weighted by molar-refractivity contribution is 0.304. The molecule has 1 fully saturated rings. The highest BCUT2D eigenvalue weighted by atomic mass is 16.5. The number of fused-ring (bicyclic) bond motifs is 3. The standard InChI is InChI=1S/C12H16N2O/c1-2-4-12-11(3-1)14-7-6-13-9-10(14)5-8-15-12/h1-4,10,13H,5-9H2/t10-/m0/s1. The van der Waals surface area contributed by atoms with E-state index in [1.807, 2.05) is 6.07 Å². The predicted molar refractivity (Wildman–Crippen MR) is 60.6 cm³/mol. The SMILES string of the molecule is c1ccc2c(c1)OCC[C@H]1CNCCN21. The summed E-state index contributed by atoms with van der Waals surface area (Å²) in [5, 5.41) is 3.45. The molecule has 1 aromatic carbocycles. The smallest absolute Gasteiger partial charge is 0.142 e. The van der Waals surface area contributed by atoms with E-state index < -0.39 is 0 Å². The van der Waals surface area contributed by atoms with Crippen molar-refractivity contribution in [3.05, 3.63) is 24.3 Å². The molecule has 0 amide bonds. The van der Waals surface area contributed by atoms with Gasteiger partial charge < -0.3 is 15.0 Å². The zero-order chi connectivity index (χ0) is 10.1. The Hall–Kier alpha value is -1.22. The maximum atomic E-state index is 5.77. The van der Waals surface area contributed by atoms with Crippen LogP contribution in [0.5, 0.6) is 5.75 Å². The van der Waals surface area contributed by atoms with Crippen LogP contribution in [0.3, 0.4) is 0 Å². The van der Waals surface area contributed by atoms with Gasteiger partial charge in [0, 0.05) is 32.1 Å². The van der Waals surface area contributed by atoms with Gasteiger partial charge in [-0.15, -0.1) is 0 Å². The normalized spacial score (nSPS) is 24.8. The first kappa shape index (κ1) is 9.04. The lowest BCUT2D eigenvalue weighted by Gasteiger charge is -2.36. The minimum absolute atomic E-state index is 0.599. The van der Waals surface area contributed by atoms with Gasteiger partial charge in [-0.25, -0.2) is 0 Å². The quantitative estimate of drug-likeness (QED) is 0.688. The minimum Gasteiger partial charge on any atom is -0.491 e. The number of piperazine rings is 1. The summed E-state index contributed by atoms with van der Waals surface area (Å²) in [6, 6.07) is 8.97. The number of nitrogens with one attached hydrogen (secondary N) is 1. The van der Waals surface area contributed by atoms with E-state index in [-0.39, 0.29) is 0 Å². The third kappa shape index (κ3) is 1.57. The maximum absolute atomic E-state index is 5.77. The van der Waals surface area contributed by atoms with Gasteiger partial charge in [-0.1, -0.05) is 12.1 Å². The van der Waals surface area contributed by atoms with Crippen molar-refractivity contribution in [3.8, 4) is 5.75 Å². The number of nitrogens with zero attached hydrogens (tertiary/aromatic N) is 1. The van der Waals surface area contributed by atoms with E-state index in [0.29, 0.717) is 6.04 Å². The third-order valence-electron chi connectivity index (χ3n) is 3.23. The molecular weight excluding hydrogens is 188 g/mol. The Bertz CT molecular complexity index is 353. The van der Waals surface area contributed by atoms with Gasteiger partial charge in [-0.3, -0.25) is 0 Å². The van der Waals surface area contributed by atoms with Crippen LogP contribution in [-0.2, 0) is 0 Å². The molecule has 0 radical (unpaired) electrons. The first-order valence-electron chi connectivity index (χ1n) is 5.64. The molecular formula is C12H16N2O. The highest BCUT2D eigenvalue weighted by Crippen LogP contribution is 2.33. The van der Waals surface area contributed by atoms with Crippen molar-refractivity contribution in [1.82, 2.24) is 5.32 Å². The van der Waals surface area contributed by atoms with Crippen LogP contribution in [0.1, 0.15) is 6.42 Å². The Morgan fingerprint density at radius 1 is 1.33 bits per heavy atom. The van der Waals surface area contributed by atoms with E-state index in [4.69, 9.17) is 4.74 Å². The van der Waals surface area contributed by atoms with Gasteiger partial charge in [-0.2, -0.15) is 0 Å². The van der Waals surface area contributed by atoms with Gasteiger partial charge in [0.1, 0.15) is 5.75 Å². The fourth-order valence-electron chi connectivity index (χ4n) is 2.46. The van der Waals surface area contributed by atoms with Gasteiger partial charge in [0.25, 0.3) is 0 Å². The molecule has 0 unspecified atom stereocenters.